The number of hydrogen-bond acceptors (Lipinski definition) is 2. The van der Waals surface area contributed by atoms with E-state index in [1.807, 2.05) is 18.7 Å². The first kappa shape index (κ1) is 14.1. The first-order valence-corrected chi connectivity index (χ1v) is 5.75. The minimum absolute atomic E-state index is 0.137. The third-order valence-electron chi connectivity index (χ3n) is 2.32. The molecule has 0 amide bonds. The summed E-state index contributed by atoms with van der Waals surface area (Å²) in [5.74, 6) is 0.912. The molecule has 0 N–H and O–H groups in total. The van der Waals surface area contributed by atoms with E-state index in [-0.39, 0.29) is 6.04 Å². The molecule has 0 saturated carbocycles. The summed E-state index contributed by atoms with van der Waals surface area (Å²) < 4.78 is 37.1. The fourth-order valence-corrected chi connectivity index (χ4v) is 1.63. The summed E-state index contributed by atoms with van der Waals surface area (Å²) in [7, 11) is 0. The van der Waals surface area contributed by atoms with Gasteiger partial charge in [-0.15, -0.1) is 11.6 Å². The summed E-state index contributed by atoms with van der Waals surface area (Å²) in [6, 6.07) is 2.54. The smallest absolute Gasteiger partial charge is 0.353 e. The van der Waals surface area contributed by atoms with Gasteiger partial charge in [-0.05, 0) is 26.0 Å². The largest absolute Gasteiger partial charge is 0.417 e. The Hall–Kier alpha value is -0.970. The quantitative estimate of drug-likeness (QED) is 0.775. The highest BCUT2D eigenvalue weighted by Gasteiger charge is 2.30. The van der Waals surface area contributed by atoms with Gasteiger partial charge in [0.2, 0.25) is 0 Å². The molecule has 0 spiro atoms. The topological polar surface area (TPSA) is 16.1 Å². The van der Waals surface area contributed by atoms with Gasteiger partial charge in [-0.3, -0.25) is 0 Å². The van der Waals surface area contributed by atoms with Crippen LogP contribution in [0.2, 0.25) is 0 Å². The molecule has 0 bridgehead atoms. The van der Waals surface area contributed by atoms with Crippen LogP contribution in [0.25, 0.3) is 0 Å². The van der Waals surface area contributed by atoms with Crippen molar-refractivity contribution in [2.45, 2.75) is 26.1 Å². The molecule has 0 aliphatic carbocycles. The second kappa shape index (κ2) is 5.58. The van der Waals surface area contributed by atoms with Crippen LogP contribution in [0.1, 0.15) is 19.4 Å². The monoisotopic (exact) mass is 266 g/mol. The van der Waals surface area contributed by atoms with E-state index in [0.29, 0.717) is 18.2 Å². The van der Waals surface area contributed by atoms with Gasteiger partial charge in [-0.2, -0.15) is 13.2 Å². The molecule has 1 rings (SSSR count). The van der Waals surface area contributed by atoms with Gasteiger partial charge < -0.3 is 4.90 Å². The van der Waals surface area contributed by atoms with Crippen LogP contribution < -0.4 is 4.90 Å². The number of pyridine rings is 1. The molecule has 0 fully saturated rings. The molecule has 0 aliphatic heterocycles. The van der Waals surface area contributed by atoms with Crippen molar-refractivity contribution in [3.05, 3.63) is 23.9 Å². The molecule has 1 aromatic rings. The maximum atomic E-state index is 12.4. The minimum Gasteiger partial charge on any atom is -0.353 e. The molecule has 0 aliphatic rings. The number of rotatable bonds is 4. The Kier molecular flexibility index (Phi) is 4.62. The number of aromatic nitrogens is 1. The summed E-state index contributed by atoms with van der Waals surface area (Å²) in [4.78, 5) is 5.69. The van der Waals surface area contributed by atoms with Crippen LogP contribution in [0.5, 0.6) is 0 Å². The molecule has 0 unspecified atom stereocenters. The number of anilines is 1. The Labute approximate surface area is 103 Å². The van der Waals surface area contributed by atoms with Gasteiger partial charge in [0.1, 0.15) is 5.82 Å². The first-order chi connectivity index (χ1) is 7.86. The Bertz CT molecular complexity index is 349. The van der Waals surface area contributed by atoms with Crippen LogP contribution in [0.15, 0.2) is 18.3 Å². The predicted octanol–water partition coefficient (Wildman–Crippen LogP) is 3.55. The zero-order valence-corrected chi connectivity index (χ0v) is 10.4. The second-order valence-electron chi connectivity index (χ2n) is 3.88. The van der Waals surface area contributed by atoms with Crippen molar-refractivity contribution in [1.82, 2.24) is 4.98 Å². The standard InChI is InChI=1S/C11H14ClF3N2/c1-8(2)17(6-5-12)10-4-3-9(7-16-10)11(13,14)15/h3-4,7-8H,5-6H2,1-2H3. The molecule has 6 heteroatoms. The van der Waals surface area contributed by atoms with Gasteiger partial charge in [-0.1, -0.05) is 0 Å². The SMILES string of the molecule is CC(C)N(CCCl)c1ccc(C(F)(F)F)cn1. The lowest BCUT2D eigenvalue weighted by Crippen LogP contribution is -2.33. The third kappa shape index (κ3) is 3.77. The number of nitrogens with zero attached hydrogens (tertiary/aromatic N) is 2. The number of halogens is 4. The Morgan fingerprint density at radius 3 is 2.35 bits per heavy atom. The second-order valence-corrected chi connectivity index (χ2v) is 4.26. The van der Waals surface area contributed by atoms with Crippen molar-refractivity contribution in [2.75, 3.05) is 17.3 Å². The summed E-state index contributed by atoms with van der Waals surface area (Å²) in [5.41, 5.74) is -0.740. The van der Waals surface area contributed by atoms with E-state index in [2.05, 4.69) is 4.98 Å². The summed E-state index contributed by atoms with van der Waals surface area (Å²) >= 11 is 5.64. The normalized spacial score (nSPS) is 11.9. The molecule has 0 radical (unpaired) electrons. The van der Waals surface area contributed by atoms with E-state index >= 15 is 0 Å². The molecule has 1 heterocycles. The van der Waals surface area contributed by atoms with Crippen molar-refractivity contribution >= 4 is 17.4 Å². The van der Waals surface area contributed by atoms with Gasteiger partial charge in [0, 0.05) is 24.7 Å². The average molecular weight is 267 g/mol. The van der Waals surface area contributed by atoms with E-state index in [0.717, 1.165) is 12.3 Å². The van der Waals surface area contributed by atoms with Crippen molar-refractivity contribution < 1.29 is 13.2 Å². The van der Waals surface area contributed by atoms with Crippen LogP contribution >= 0.6 is 11.6 Å². The van der Waals surface area contributed by atoms with Gasteiger partial charge in [0.05, 0.1) is 5.56 Å². The van der Waals surface area contributed by atoms with Crippen LogP contribution in [-0.4, -0.2) is 23.5 Å². The fourth-order valence-electron chi connectivity index (χ4n) is 1.45. The zero-order valence-electron chi connectivity index (χ0n) is 9.63. The third-order valence-corrected chi connectivity index (χ3v) is 2.49. The summed E-state index contributed by atoms with van der Waals surface area (Å²) in [6.07, 6.45) is -3.50. The first-order valence-electron chi connectivity index (χ1n) is 5.22. The van der Waals surface area contributed by atoms with Crippen molar-refractivity contribution in [1.29, 1.82) is 0 Å². The van der Waals surface area contributed by atoms with Gasteiger partial charge >= 0.3 is 6.18 Å². The van der Waals surface area contributed by atoms with Gasteiger partial charge in [0.15, 0.2) is 0 Å². The van der Waals surface area contributed by atoms with E-state index in [4.69, 9.17) is 11.6 Å². The summed E-state index contributed by atoms with van der Waals surface area (Å²) in [5, 5.41) is 0. The minimum atomic E-state index is -4.35. The van der Waals surface area contributed by atoms with Crippen molar-refractivity contribution in [2.24, 2.45) is 0 Å². The van der Waals surface area contributed by atoms with Crippen molar-refractivity contribution in [3.8, 4) is 0 Å². The van der Waals surface area contributed by atoms with E-state index in [9.17, 15) is 13.2 Å². The van der Waals surface area contributed by atoms with E-state index in [1.165, 1.54) is 6.07 Å². The lowest BCUT2D eigenvalue weighted by molar-refractivity contribution is -0.137. The van der Waals surface area contributed by atoms with E-state index < -0.39 is 11.7 Å². The summed E-state index contributed by atoms with van der Waals surface area (Å²) in [6.45, 7) is 4.43. The van der Waals surface area contributed by atoms with Crippen LogP contribution in [0.4, 0.5) is 19.0 Å². The highest BCUT2D eigenvalue weighted by Crippen LogP contribution is 2.29. The molecule has 2 nitrogen and oxygen atoms in total. The Morgan fingerprint density at radius 1 is 1.35 bits per heavy atom. The lowest BCUT2D eigenvalue weighted by atomic mass is 10.2. The molecular formula is C11H14ClF3N2. The Balaban J connectivity index is 2.92. The Morgan fingerprint density at radius 2 is 2.00 bits per heavy atom. The maximum absolute atomic E-state index is 12.4. The van der Waals surface area contributed by atoms with Crippen LogP contribution in [0.3, 0.4) is 0 Å². The highest BCUT2D eigenvalue weighted by atomic mass is 35.5. The number of alkyl halides is 4. The lowest BCUT2D eigenvalue weighted by Gasteiger charge is -2.27. The molecule has 0 saturated heterocycles. The van der Waals surface area contributed by atoms with Crippen LogP contribution in [0, 0.1) is 0 Å². The molecule has 17 heavy (non-hydrogen) atoms. The average Bonchev–Trinajstić information content (AvgIpc) is 2.24. The van der Waals surface area contributed by atoms with E-state index in [1.54, 1.807) is 0 Å². The van der Waals surface area contributed by atoms with Gasteiger partial charge in [0.25, 0.3) is 0 Å². The van der Waals surface area contributed by atoms with Crippen molar-refractivity contribution in [3.63, 3.8) is 0 Å². The number of hydrogen-bond donors (Lipinski definition) is 0. The predicted molar refractivity (Wildman–Crippen MR) is 62.4 cm³/mol. The zero-order chi connectivity index (χ0) is 13.1. The van der Waals surface area contributed by atoms with Gasteiger partial charge in [-0.25, -0.2) is 4.98 Å². The van der Waals surface area contributed by atoms with Crippen LogP contribution in [-0.2, 0) is 6.18 Å². The molecule has 96 valence electrons. The molecule has 0 aromatic carbocycles. The fraction of sp³-hybridized carbons (Fsp3) is 0.545. The molecule has 0 atom stereocenters. The molecule has 1 aromatic heterocycles. The molecular weight excluding hydrogens is 253 g/mol. The maximum Gasteiger partial charge on any atom is 0.417 e. The highest BCUT2D eigenvalue weighted by molar-refractivity contribution is 6.18.